The summed E-state index contributed by atoms with van der Waals surface area (Å²) in [5, 5.41) is 4.10. The normalized spacial score (nSPS) is 10.6. The second-order valence-corrected chi connectivity index (χ2v) is 5.61. The van der Waals surface area contributed by atoms with Crippen LogP contribution >= 0.6 is 23.2 Å². The molecule has 1 N–H and O–H groups in total. The fraction of sp³-hybridized carbons (Fsp3) is 0.312. The van der Waals surface area contributed by atoms with E-state index >= 15 is 0 Å². The Morgan fingerprint density at radius 1 is 1.19 bits per heavy atom. The molecule has 5 heteroatoms. The summed E-state index contributed by atoms with van der Waals surface area (Å²) in [6, 6.07) is 9.13. The van der Waals surface area contributed by atoms with Crippen molar-refractivity contribution >= 4 is 29.1 Å². The molecule has 0 aliphatic heterocycles. The van der Waals surface area contributed by atoms with E-state index in [1.165, 1.54) is 0 Å². The number of nitrogens with one attached hydrogen (secondary N) is 1. The van der Waals surface area contributed by atoms with E-state index in [1.807, 2.05) is 18.2 Å². The molecule has 1 amide bonds. The van der Waals surface area contributed by atoms with Crippen LogP contribution < -0.4 is 5.32 Å². The van der Waals surface area contributed by atoms with Gasteiger partial charge in [0.15, 0.2) is 0 Å². The van der Waals surface area contributed by atoms with Crippen molar-refractivity contribution in [3.05, 3.63) is 58.0 Å². The second-order valence-electron chi connectivity index (χ2n) is 4.77. The van der Waals surface area contributed by atoms with Crippen LogP contribution in [0.1, 0.15) is 24.2 Å². The van der Waals surface area contributed by atoms with E-state index in [0.717, 1.165) is 24.2 Å². The number of furan rings is 1. The minimum atomic E-state index is 0.0282. The Morgan fingerprint density at radius 2 is 2.05 bits per heavy atom. The van der Waals surface area contributed by atoms with Crippen LogP contribution in [0.4, 0.5) is 0 Å². The van der Waals surface area contributed by atoms with Crippen molar-refractivity contribution in [2.75, 3.05) is 6.54 Å². The van der Waals surface area contributed by atoms with Crippen LogP contribution in [0.2, 0.25) is 10.0 Å². The van der Waals surface area contributed by atoms with E-state index in [9.17, 15) is 4.79 Å². The van der Waals surface area contributed by atoms with Gasteiger partial charge in [-0.3, -0.25) is 4.79 Å². The van der Waals surface area contributed by atoms with Crippen molar-refractivity contribution in [3.63, 3.8) is 0 Å². The summed E-state index contributed by atoms with van der Waals surface area (Å²) in [7, 11) is 0. The molecule has 1 heterocycles. The maximum absolute atomic E-state index is 11.8. The van der Waals surface area contributed by atoms with Gasteiger partial charge < -0.3 is 9.73 Å². The average molecular weight is 326 g/mol. The van der Waals surface area contributed by atoms with Crippen molar-refractivity contribution in [2.24, 2.45) is 0 Å². The molecule has 0 saturated heterocycles. The lowest BCUT2D eigenvalue weighted by atomic mass is 10.1. The fourth-order valence-electron chi connectivity index (χ4n) is 2.01. The van der Waals surface area contributed by atoms with E-state index in [0.29, 0.717) is 29.4 Å². The zero-order valence-corrected chi connectivity index (χ0v) is 13.1. The lowest BCUT2D eigenvalue weighted by Gasteiger charge is -2.06. The first-order valence-corrected chi connectivity index (χ1v) is 7.64. The monoisotopic (exact) mass is 325 g/mol. The molecule has 112 valence electrons. The van der Waals surface area contributed by atoms with E-state index < -0.39 is 0 Å². The Kier molecular flexibility index (Phi) is 6.15. The minimum absolute atomic E-state index is 0.0282. The van der Waals surface area contributed by atoms with Crippen molar-refractivity contribution in [2.45, 2.75) is 25.7 Å². The summed E-state index contributed by atoms with van der Waals surface area (Å²) in [6.07, 6.45) is 4.38. The highest BCUT2D eigenvalue weighted by Gasteiger charge is 2.05. The van der Waals surface area contributed by atoms with E-state index in [-0.39, 0.29) is 5.91 Å². The Balaban J connectivity index is 1.65. The van der Waals surface area contributed by atoms with E-state index in [1.54, 1.807) is 18.4 Å². The van der Waals surface area contributed by atoms with Gasteiger partial charge in [-0.2, -0.15) is 0 Å². The quantitative estimate of drug-likeness (QED) is 0.772. The Morgan fingerprint density at radius 3 is 2.76 bits per heavy atom. The molecule has 0 aliphatic carbocycles. The van der Waals surface area contributed by atoms with Crippen molar-refractivity contribution in [1.82, 2.24) is 5.32 Å². The predicted octanol–water partition coefficient (Wildman–Crippen LogP) is 4.27. The molecule has 0 unspecified atom stereocenters. The summed E-state index contributed by atoms with van der Waals surface area (Å²) in [5.41, 5.74) is 0.937. The van der Waals surface area contributed by atoms with Crippen LogP contribution in [0.5, 0.6) is 0 Å². The zero-order valence-electron chi connectivity index (χ0n) is 11.6. The lowest BCUT2D eigenvalue weighted by Crippen LogP contribution is -2.24. The number of benzene rings is 1. The van der Waals surface area contributed by atoms with Crippen LogP contribution in [0.3, 0.4) is 0 Å². The molecular formula is C16H17Cl2NO2. The van der Waals surface area contributed by atoms with Gasteiger partial charge in [-0.05, 0) is 42.7 Å². The van der Waals surface area contributed by atoms with Crippen molar-refractivity contribution in [3.8, 4) is 0 Å². The van der Waals surface area contributed by atoms with Gasteiger partial charge in [0, 0.05) is 29.4 Å². The smallest absolute Gasteiger partial charge is 0.220 e. The Labute approximate surface area is 134 Å². The third-order valence-electron chi connectivity index (χ3n) is 3.14. The van der Waals surface area contributed by atoms with Gasteiger partial charge in [-0.1, -0.05) is 29.3 Å². The van der Waals surface area contributed by atoms with Crippen LogP contribution in [0.25, 0.3) is 0 Å². The summed E-state index contributed by atoms with van der Waals surface area (Å²) in [6.45, 7) is 0.647. The maximum atomic E-state index is 11.8. The lowest BCUT2D eigenvalue weighted by molar-refractivity contribution is -0.121. The van der Waals surface area contributed by atoms with Crippen LogP contribution in [-0.4, -0.2) is 12.5 Å². The number of hydrogen-bond donors (Lipinski definition) is 1. The Bertz CT molecular complexity index is 582. The van der Waals surface area contributed by atoms with Gasteiger partial charge in [0.2, 0.25) is 5.91 Å². The second kappa shape index (κ2) is 8.11. The number of hydrogen-bond acceptors (Lipinski definition) is 2. The molecule has 0 aliphatic rings. The van der Waals surface area contributed by atoms with E-state index in [4.69, 9.17) is 27.6 Å². The predicted molar refractivity (Wildman–Crippen MR) is 84.8 cm³/mol. The van der Waals surface area contributed by atoms with E-state index in [2.05, 4.69) is 5.32 Å². The first-order chi connectivity index (χ1) is 10.1. The number of halogens is 2. The third kappa shape index (κ3) is 5.44. The summed E-state index contributed by atoms with van der Waals surface area (Å²) in [4.78, 5) is 11.8. The molecule has 1 aromatic carbocycles. The summed E-state index contributed by atoms with van der Waals surface area (Å²) < 4.78 is 5.23. The van der Waals surface area contributed by atoms with Gasteiger partial charge >= 0.3 is 0 Å². The van der Waals surface area contributed by atoms with Crippen LogP contribution in [0, 0.1) is 0 Å². The fourth-order valence-corrected chi connectivity index (χ4v) is 2.51. The summed E-state index contributed by atoms with van der Waals surface area (Å²) in [5.74, 6) is 0.970. The molecule has 2 rings (SSSR count). The highest BCUT2D eigenvalue weighted by Crippen LogP contribution is 2.21. The number of aryl methyl sites for hydroxylation is 2. The highest BCUT2D eigenvalue weighted by atomic mass is 35.5. The average Bonchev–Trinajstić information content (AvgIpc) is 2.96. The number of carbonyl (C=O) groups is 1. The Hall–Kier alpha value is -1.45. The van der Waals surface area contributed by atoms with Gasteiger partial charge in [0.1, 0.15) is 5.76 Å². The minimum Gasteiger partial charge on any atom is -0.469 e. The largest absolute Gasteiger partial charge is 0.469 e. The standard InChI is InChI=1S/C16H17Cl2NO2/c17-13-7-5-12(15(18)11-13)6-8-16(20)19-9-1-3-14-4-2-10-21-14/h2,4-5,7,10-11H,1,3,6,8-9H2,(H,19,20). The molecule has 3 nitrogen and oxygen atoms in total. The molecule has 0 atom stereocenters. The number of rotatable bonds is 7. The molecule has 0 bridgehead atoms. The van der Waals surface area contributed by atoms with Gasteiger partial charge in [0.05, 0.1) is 6.26 Å². The zero-order chi connectivity index (χ0) is 15.1. The van der Waals surface area contributed by atoms with Gasteiger partial charge in [-0.25, -0.2) is 0 Å². The van der Waals surface area contributed by atoms with Crippen LogP contribution in [0.15, 0.2) is 41.0 Å². The molecule has 0 spiro atoms. The first-order valence-electron chi connectivity index (χ1n) is 6.88. The highest BCUT2D eigenvalue weighted by molar-refractivity contribution is 6.35. The third-order valence-corrected chi connectivity index (χ3v) is 3.73. The molecule has 2 aromatic rings. The molecule has 0 radical (unpaired) electrons. The van der Waals surface area contributed by atoms with Gasteiger partial charge in [-0.15, -0.1) is 0 Å². The SMILES string of the molecule is O=C(CCc1ccc(Cl)cc1Cl)NCCCc1ccco1. The van der Waals surface area contributed by atoms with Gasteiger partial charge in [0.25, 0.3) is 0 Å². The summed E-state index contributed by atoms with van der Waals surface area (Å²) >= 11 is 11.9. The molecule has 0 fully saturated rings. The molecule has 0 saturated carbocycles. The van der Waals surface area contributed by atoms with Crippen molar-refractivity contribution < 1.29 is 9.21 Å². The molecular weight excluding hydrogens is 309 g/mol. The maximum Gasteiger partial charge on any atom is 0.220 e. The molecule has 1 aromatic heterocycles. The molecule has 21 heavy (non-hydrogen) atoms. The first kappa shape index (κ1) is 15.9. The van der Waals surface area contributed by atoms with Crippen LogP contribution in [-0.2, 0) is 17.6 Å². The topological polar surface area (TPSA) is 42.2 Å². The number of carbonyl (C=O) groups excluding carboxylic acids is 1. The number of amides is 1. The van der Waals surface area contributed by atoms with Crippen molar-refractivity contribution in [1.29, 1.82) is 0 Å².